The van der Waals surface area contributed by atoms with Crippen LogP contribution in [0.2, 0.25) is 0 Å². The number of likely N-dealkylation sites (tertiary alicyclic amines) is 1. The fourth-order valence-corrected chi connectivity index (χ4v) is 3.96. The third-order valence-corrected chi connectivity index (χ3v) is 5.45. The zero-order chi connectivity index (χ0) is 13.7. The Hall–Kier alpha value is -0.0800. The molecule has 1 saturated heterocycles. The van der Waals surface area contributed by atoms with Crippen LogP contribution in [-0.2, 0) is 0 Å². The molecule has 1 saturated carbocycles. The third kappa shape index (κ3) is 4.75. The van der Waals surface area contributed by atoms with Crippen molar-refractivity contribution in [2.45, 2.75) is 71.3 Å². The monoisotopic (exact) mass is 267 g/mol. The number of hydrogen-bond donors (Lipinski definition) is 1. The van der Waals surface area contributed by atoms with Gasteiger partial charge in [-0.25, -0.2) is 0 Å². The minimum Gasteiger partial charge on any atom is -0.392 e. The average molecular weight is 267 g/mol. The van der Waals surface area contributed by atoms with E-state index in [1.165, 1.54) is 64.5 Å². The molecule has 0 aromatic rings. The smallest absolute Gasteiger partial charge is 0.0695 e. The summed E-state index contributed by atoms with van der Waals surface area (Å²) < 4.78 is 0. The van der Waals surface area contributed by atoms with Gasteiger partial charge in [0.05, 0.1) is 6.10 Å². The number of rotatable bonds is 4. The molecule has 2 rings (SSSR count). The summed E-state index contributed by atoms with van der Waals surface area (Å²) in [4.78, 5) is 2.53. The van der Waals surface area contributed by atoms with E-state index in [0.717, 1.165) is 18.4 Å². The van der Waals surface area contributed by atoms with Gasteiger partial charge in [-0.3, -0.25) is 0 Å². The molecular weight excluding hydrogens is 234 g/mol. The van der Waals surface area contributed by atoms with Crippen molar-refractivity contribution >= 4 is 0 Å². The summed E-state index contributed by atoms with van der Waals surface area (Å²) in [6.45, 7) is 8.05. The molecular formula is C17H33NO. The summed E-state index contributed by atoms with van der Waals surface area (Å²) in [6, 6.07) is 0. The van der Waals surface area contributed by atoms with Crippen LogP contribution in [-0.4, -0.2) is 35.7 Å². The molecule has 2 heteroatoms. The number of aliphatic hydroxyl groups is 1. The van der Waals surface area contributed by atoms with E-state index >= 15 is 0 Å². The number of aliphatic hydroxyl groups excluding tert-OH is 1. The van der Waals surface area contributed by atoms with Gasteiger partial charge in [0.25, 0.3) is 0 Å². The second-order valence-corrected chi connectivity index (χ2v) is 7.20. The largest absolute Gasteiger partial charge is 0.392 e. The third-order valence-electron chi connectivity index (χ3n) is 5.45. The van der Waals surface area contributed by atoms with E-state index in [1.807, 2.05) is 0 Å². The molecule has 2 nitrogen and oxygen atoms in total. The van der Waals surface area contributed by atoms with E-state index in [0.29, 0.717) is 5.92 Å². The van der Waals surface area contributed by atoms with Crippen molar-refractivity contribution in [3.8, 4) is 0 Å². The summed E-state index contributed by atoms with van der Waals surface area (Å²) in [5.41, 5.74) is 0. The molecule has 0 amide bonds. The number of hydrogen-bond acceptors (Lipinski definition) is 2. The van der Waals surface area contributed by atoms with Crippen LogP contribution < -0.4 is 0 Å². The van der Waals surface area contributed by atoms with Crippen LogP contribution in [0.4, 0.5) is 0 Å². The lowest BCUT2D eigenvalue weighted by atomic mass is 9.85. The van der Waals surface area contributed by atoms with E-state index in [-0.39, 0.29) is 6.10 Å². The SMILES string of the molecule is CC(C)C1CCCN(CC(O)C2CCCCC2)CC1. The van der Waals surface area contributed by atoms with E-state index in [9.17, 15) is 5.11 Å². The van der Waals surface area contributed by atoms with Gasteiger partial charge in [-0.05, 0) is 62.9 Å². The predicted octanol–water partition coefficient (Wildman–Crippen LogP) is 3.69. The number of nitrogens with zero attached hydrogens (tertiary/aromatic N) is 1. The minimum absolute atomic E-state index is 0.0732. The maximum Gasteiger partial charge on any atom is 0.0695 e. The molecule has 2 atom stereocenters. The summed E-state index contributed by atoms with van der Waals surface area (Å²) >= 11 is 0. The summed E-state index contributed by atoms with van der Waals surface area (Å²) in [5, 5.41) is 10.5. The molecule has 19 heavy (non-hydrogen) atoms. The van der Waals surface area contributed by atoms with Crippen LogP contribution in [0.15, 0.2) is 0 Å². The van der Waals surface area contributed by atoms with Crippen molar-refractivity contribution < 1.29 is 5.11 Å². The first-order valence-corrected chi connectivity index (χ1v) is 8.57. The lowest BCUT2D eigenvalue weighted by Gasteiger charge is -2.31. The Labute approximate surface area is 119 Å². The fourth-order valence-electron chi connectivity index (χ4n) is 3.96. The lowest BCUT2D eigenvalue weighted by Crippen LogP contribution is -2.38. The zero-order valence-corrected chi connectivity index (χ0v) is 13.0. The first-order valence-electron chi connectivity index (χ1n) is 8.57. The van der Waals surface area contributed by atoms with Crippen molar-refractivity contribution in [3.63, 3.8) is 0 Å². The Kier molecular flexibility index (Phi) is 6.15. The molecule has 2 fully saturated rings. The van der Waals surface area contributed by atoms with E-state index < -0.39 is 0 Å². The fraction of sp³-hybridized carbons (Fsp3) is 1.00. The molecule has 0 bridgehead atoms. The molecule has 1 aliphatic carbocycles. The highest BCUT2D eigenvalue weighted by atomic mass is 16.3. The van der Waals surface area contributed by atoms with Crippen molar-refractivity contribution in [3.05, 3.63) is 0 Å². The van der Waals surface area contributed by atoms with Gasteiger partial charge in [0.1, 0.15) is 0 Å². The first-order chi connectivity index (χ1) is 9.16. The Morgan fingerprint density at radius 3 is 2.26 bits per heavy atom. The normalized spacial score (nSPS) is 29.4. The Bertz CT molecular complexity index is 248. The number of β-amino-alcohol motifs (C(OH)–C–C–N with tert-alkyl or cyclic N) is 1. The first kappa shape index (κ1) is 15.3. The van der Waals surface area contributed by atoms with Crippen LogP contribution in [0, 0.1) is 17.8 Å². The summed E-state index contributed by atoms with van der Waals surface area (Å²) in [5.74, 6) is 2.30. The van der Waals surface area contributed by atoms with Gasteiger partial charge in [-0.1, -0.05) is 33.1 Å². The standard InChI is InChI=1S/C17H33NO/c1-14(2)15-9-6-11-18(12-10-15)13-17(19)16-7-4-3-5-8-16/h14-17,19H,3-13H2,1-2H3. The van der Waals surface area contributed by atoms with Gasteiger partial charge in [0.2, 0.25) is 0 Å². The molecule has 2 aliphatic rings. The molecule has 0 spiro atoms. The van der Waals surface area contributed by atoms with Gasteiger partial charge in [0.15, 0.2) is 0 Å². The van der Waals surface area contributed by atoms with Crippen LogP contribution in [0.1, 0.15) is 65.2 Å². The van der Waals surface area contributed by atoms with Crippen molar-refractivity contribution in [2.75, 3.05) is 19.6 Å². The Balaban J connectivity index is 1.75. The van der Waals surface area contributed by atoms with Gasteiger partial charge in [-0.2, -0.15) is 0 Å². The van der Waals surface area contributed by atoms with Crippen molar-refractivity contribution in [1.82, 2.24) is 4.90 Å². The second-order valence-electron chi connectivity index (χ2n) is 7.20. The Morgan fingerprint density at radius 2 is 1.58 bits per heavy atom. The molecule has 0 aromatic heterocycles. The quantitative estimate of drug-likeness (QED) is 0.840. The zero-order valence-electron chi connectivity index (χ0n) is 13.0. The van der Waals surface area contributed by atoms with Crippen molar-refractivity contribution in [1.29, 1.82) is 0 Å². The van der Waals surface area contributed by atoms with Crippen molar-refractivity contribution in [2.24, 2.45) is 17.8 Å². The van der Waals surface area contributed by atoms with Gasteiger partial charge in [-0.15, -0.1) is 0 Å². The van der Waals surface area contributed by atoms with Gasteiger partial charge < -0.3 is 10.0 Å². The average Bonchev–Trinajstić information content (AvgIpc) is 2.65. The highest BCUT2D eigenvalue weighted by molar-refractivity contribution is 4.78. The highest BCUT2D eigenvalue weighted by Crippen LogP contribution is 2.28. The van der Waals surface area contributed by atoms with E-state index in [1.54, 1.807) is 0 Å². The second kappa shape index (κ2) is 7.64. The van der Waals surface area contributed by atoms with Crippen LogP contribution in [0.25, 0.3) is 0 Å². The molecule has 0 aromatic carbocycles. The summed E-state index contributed by atoms with van der Waals surface area (Å²) in [6.07, 6.45) is 10.5. The maximum absolute atomic E-state index is 10.5. The lowest BCUT2D eigenvalue weighted by molar-refractivity contribution is 0.0481. The topological polar surface area (TPSA) is 23.5 Å². The molecule has 1 N–H and O–H groups in total. The van der Waals surface area contributed by atoms with E-state index in [4.69, 9.17) is 0 Å². The van der Waals surface area contributed by atoms with Gasteiger partial charge in [0, 0.05) is 6.54 Å². The van der Waals surface area contributed by atoms with Crippen LogP contribution in [0.3, 0.4) is 0 Å². The van der Waals surface area contributed by atoms with E-state index in [2.05, 4.69) is 18.7 Å². The highest BCUT2D eigenvalue weighted by Gasteiger charge is 2.25. The summed E-state index contributed by atoms with van der Waals surface area (Å²) in [7, 11) is 0. The van der Waals surface area contributed by atoms with Crippen LogP contribution in [0.5, 0.6) is 0 Å². The molecule has 112 valence electrons. The van der Waals surface area contributed by atoms with Gasteiger partial charge >= 0.3 is 0 Å². The van der Waals surface area contributed by atoms with Crippen LogP contribution >= 0.6 is 0 Å². The molecule has 1 heterocycles. The molecule has 1 aliphatic heterocycles. The predicted molar refractivity (Wildman–Crippen MR) is 81.2 cm³/mol. The molecule has 2 unspecified atom stereocenters. The minimum atomic E-state index is -0.0732. The molecule has 0 radical (unpaired) electrons. The maximum atomic E-state index is 10.5. The Morgan fingerprint density at radius 1 is 0.895 bits per heavy atom.